The van der Waals surface area contributed by atoms with E-state index in [1.54, 1.807) is 12.1 Å². The molecule has 0 radical (unpaired) electrons. The molecule has 1 aromatic carbocycles. The first-order chi connectivity index (χ1) is 10.3. The molecule has 1 atom stereocenters. The molecule has 1 aliphatic heterocycles. The van der Waals surface area contributed by atoms with Crippen LogP contribution in [0.3, 0.4) is 0 Å². The monoisotopic (exact) mass is 426 g/mol. The summed E-state index contributed by atoms with van der Waals surface area (Å²) < 4.78 is 14.4. The maximum atomic E-state index is 13.4. The summed E-state index contributed by atoms with van der Waals surface area (Å²) in [5.74, 6) is 0.548. The largest absolute Gasteiger partial charge is 0.314 e. The minimum absolute atomic E-state index is 0. The van der Waals surface area contributed by atoms with Crippen molar-refractivity contribution in [3.63, 3.8) is 0 Å². The van der Waals surface area contributed by atoms with Crippen molar-refractivity contribution in [3.8, 4) is 0 Å². The average molecular weight is 428 g/mol. The minimum atomic E-state index is -0.159. The van der Waals surface area contributed by atoms with Crippen LogP contribution in [0, 0.1) is 11.7 Å². The van der Waals surface area contributed by atoms with Crippen LogP contribution in [0.25, 0.3) is 0 Å². The van der Waals surface area contributed by atoms with E-state index in [0.717, 1.165) is 30.7 Å². The van der Waals surface area contributed by atoms with E-state index in [1.165, 1.54) is 37.7 Å². The van der Waals surface area contributed by atoms with Crippen molar-refractivity contribution in [2.45, 2.75) is 38.1 Å². The van der Waals surface area contributed by atoms with E-state index < -0.39 is 0 Å². The first-order valence-electron chi connectivity index (χ1n) is 8.15. The fraction of sp³-hybridized carbons (Fsp3) is 0.647. The molecular weight excluding hydrogens is 402 g/mol. The highest BCUT2D eigenvalue weighted by molar-refractivity contribution is 9.10. The average Bonchev–Trinajstić information content (AvgIpc) is 2.52. The number of piperazine rings is 1. The fourth-order valence-corrected chi connectivity index (χ4v) is 4.49. The number of hydrogen-bond donors (Lipinski definition) is 1. The number of nitrogens with one attached hydrogen (secondary N) is 1. The first kappa shape index (κ1) is 21.2. The molecule has 0 spiro atoms. The van der Waals surface area contributed by atoms with Crippen LogP contribution in [0.5, 0.6) is 0 Å². The van der Waals surface area contributed by atoms with Crippen molar-refractivity contribution in [1.82, 2.24) is 10.2 Å². The van der Waals surface area contributed by atoms with Gasteiger partial charge in [-0.2, -0.15) is 0 Å². The second kappa shape index (κ2) is 10.2. The molecule has 3 rings (SSSR count). The molecule has 23 heavy (non-hydrogen) atoms. The fourth-order valence-electron chi connectivity index (χ4n) is 3.90. The van der Waals surface area contributed by atoms with Gasteiger partial charge >= 0.3 is 0 Å². The van der Waals surface area contributed by atoms with E-state index in [-0.39, 0.29) is 30.6 Å². The van der Waals surface area contributed by atoms with Crippen LogP contribution in [-0.4, -0.2) is 31.1 Å². The van der Waals surface area contributed by atoms with Gasteiger partial charge in [-0.25, -0.2) is 4.39 Å². The quantitative estimate of drug-likeness (QED) is 0.733. The van der Waals surface area contributed by atoms with E-state index in [1.807, 2.05) is 6.07 Å². The molecule has 0 unspecified atom stereocenters. The maximum Gasteiger partial charge on any atom is 0.124 e. The Hall–Kier alpha value is 0.130. The second-order valence-corrected chi connectivity index (χ2v) is 7.15. The smallest absolute Gasteiger partial charge is 0.124 e. The molecule has 132 valence electrons. The van der Waals surface area contributed by atoms with Crippen LogP contribution in [0.2, 0.25) is 0 Å². The molecule has 0 bridgehead atoms. The van der Waals surface area contributed by atoms with E-state index in [4.69, 9.17) is 0 Å². The summed E-state index contributed by atoms with van der Waals surface area (Å²) in [7, 11) is 0. The van der Waals surface area contributed by atoms with Crippen molar-refractivity contribution in [1.29, 1.82) is 0 Å². The van der Waals surface area contributed by atoms with Gasteiger partial charge in [-0.1, -0.05) is 41.3 Å². The van der Waals surface area contributed by atoms with E-state index in [9.17, 15) is 4.39 Å². The molecule has 2 nitrogen and oxygen atoms in total. The SMILES string of the molecule is Cl.Cl.Fc1ccc([C@H](C2CCCCC2)N2CCNCC2)c(Br)c1. The van der Waals surface area contributed by atoms with Gasteiger partial charge < -0.3 is 5.32 Å². The molecular formula is C17H26BrCl2FN2. The predicted octanol–water partition coefficient (Wildman–Crippen LogP) is 4.96. The van der Waals surface area contributed by atoms with Crippen molar-refractivity contribution < 1.29 is 4.39 Å². The lowest BCUT2D eigenvalue weighted by molar-refractivity contribution is 0.103. The molecule has 1 heterocycles. The van der Waals surface area contributed by atoms with Gasteiger partial charge in [0.05, 0.1) is 0 Å². The van der Waals surface area contributed by atoms with Crippen molar-refractivity contribution in [2.24, 2.45) is 5.92 Å². The standard InChI is InChI=1S/C17H24BrFN2.2ClH/c18-16-12-14(19)6-7-15(16)17(13-4-2-1-3-5-13)21-10-8-20-9-11-21;;/h6-7,12-13,17,20H,1-5,8-11H2;2*1H/t17-;;/m0../s1. The molecule has 1 N–H and O–H groups in total. The Morgan fingerprint density at radius 2 is 1.74 bits per heavy atom. The lowest BCUT2D eigenvalue weighted by Crippen LogP contribution is -2.47. The van der Waals surface area contributed by atoms with Gasteiger partial charge in [0.2, 0.25) is 0 Å². The summed E-state index contributed by atoms with van der Waals surface area (Å²) >= 11 is 3.60. The highest BCUT2D eigenvalue weighted by Gasteiger charge is 2.32. The van der Waals surface area contributed by atoms with Gasteiger partial charge in [-0.05, 0) is 36.5 Å². The lowest BCUT2D eigenvalue weighted by Gasteiger charge is -2.41. The van der Waals surface area contributed by atoms with Gasteiger partial charge in [-0.15, -0.1) is 24.8 Å². The van der Waals surface area contributed by atoms with Crippen LogP contribution in [0.4, 0.5) is 4.39 Å². The Morgan fingerprint density at radius 1 is 1.09 bits per heavy atom. The Balaban J connectivity index is 0.00000132. The molecule has 1 saturated heterocycles. The molecule has 2 fully saturated rings. The maximum absolute atomic E-state index is 13.4. The van der Waals surface area contributed by atoms with E-state index in [0.29, 0.717) is 12.0 Å². The number of benzene rings is 1. The van der Waals surface area contributed by atoms with Crippen molar-refractivity contribution in [3.05, 3.63) is 34.1 Å². The van der Waals surface area contributed by atoms with Crippen LogP contribution >= 0.6 is 40.7 Å². The predicted molar refractivity (Wildman–Crippen MR) is 102 cm³/mol. The van der Waals surface area contributed by atoms with E-state index in [2.05, 4.69) is 26.1 Å². The van der Waals surface area contributed by atoms with Crippen LogP contribution < -0.4 is 5.32 Å². The van der Waals surface area contributed by atoms with Crippen molar-refractivity contribution >= 4 is 40.7 Å². The zero-order valence-electron chi connectivity index (χ0n) is 13.3. The first-order valence-corrected chi connectivity index (χ1v) is 8.95. The van der Waals surface area contributed by atoms with Gasteiger partial charge in [-0.3, -0.25) is 4.90 Å². The molecule has 0 amide bonds. The summed E-state index contributed by atoms with van der Waals surface area (Å²) in [5.41, 5.74) is 1.27. The number of nitrogens with zero attached hydrogens (tertiary/aromatic N) is 1. The Morgan fingerprint density at radius 3 is 2.35 bits per heavy atom. The second-order valence-electron chi connectivity index (χ2n) is 6.29. The van der Waals surface area contributed by atoms with Crippen LogP contribution in [0.1, 0.15) is 43.7 Å². The summed E-state index contributed by atoms with van der Waals surface area (Å²) in [6.45, 7) is 4.29. The van der Waals surface area contributed by atoms with E-state index >= 15 is 0 Å². The molecule has 1 aromatic rings. The highest BCUT2D eigenvalue weighted by atomic mass is 79.9. The zero-order chi connectivity index (χ0) is 14.7. The highest BCUT2D eigenvalue weighted by Crippen LogP contribution is 2.41. The topological polar surface area (TPSA) is 15.3 Å². The summed E-state index contributed by atoms with van der Waals surface area (Å²) in [4.78, 5) is 2.60. The summed E-state index contributed by atoms with van der Waals surface area (Å²) in [6.07, 6.45) is 6.66. The third-order valence-corrected chi connectivity index (χ3v) is 5.61. The minimum Gasteiger partial charge on any atom is -0.314 e. The zero-order valence-corrected chi connectivity index (χ0v) is 16.5. The van der Waals surface area contributed by atoms with Gasteiger partial charge in [0, 0.05) is 36.7 Å². The molecule has 2 aliphatic rings. The Kier molecular flexibility index (Phi) is 9.39. The molecule has 0 aromatic heterocycles. The van der Waals surface area contributed by atoms with Gasteiger partial charge in [0.1, 0.15) is 5.82 Å². The molecule has 6 heteroatoms. The number of rotatable bonds is 3. The van der Waals surface area contributed by atoms with Crippen LogP contribution in [0.15, 0.2) is 22.7 Å². The number of halogens is 4. The molecule has 1 saturated carbocycles. The number of hydrogen-bond acceptors (Lipinski definition) is 2. The normalized spacial score (nSPS) is 21.1. The van der Waals surface area contributed by atoms with Gasteiger partial charge in [0.25, 0.3) is 0 Å². The van der Waals surface area contributed by atoms with Gasteiger partial charge in [0.15, 0.2) is 0 Å². The Bertz CT molecular complexity index is 460. The summed E-state index contributed by atoms with van der Waals surface area (Å²) in [5, 5.41) is 3.43. The third-order valence-electron chi connectivity index (χ3n) is 4.92. The Labute approximate surface area is 159 Å². The lowest BCUT2D eigenvalue weighted by atomic mass is 9.80. The molecule has 1 aliphatic carbocycles. The van der Waals surface area contributed by atoms with Crippen LogP contribution in [-0.2, 0) is 0 Å². The summed E-state index contributed by atoms with van der Waals surface area (Å²) in [6, 6.07) is 5.65. The van der Waals surface area contributed by atoms with Crippen molar-refractivity contribution in [2.75, 3.05) is 26.2 Å². The third kappa shape index (κ3) is 5.30.